The molecule has 3 rings (SSSR count). The number of hydrogen-bond acceptors (Lipinski definition) is 6. The van der Waals surface area contributed by atoms with E-state index in [0.717, 1.165) is 62.0 Å². The van der Waals surface area contributed by atoms with E-state index in [4.69, 9.17) is 20.9 Å². The first kappa shape index (κ1) is 27.3. The van der Waals surface area contributed by atoms with Gasteiger partial charge in [0.05, 0.1) is 12.2 Å². The number of benzene rings is 2. The lowest BCUT2D eigenvalue weighted by molar-refractivity contribution is -0.138. The molecule has 0 aliphatic heterocycles. The van der Waals surface area contributed by atoms with Crippen LogP contribution in [0.3, 0.4) is 0 Å². The third kappa shape index (κ3) is 8.43. The molecule has 36 heavy (non-hydrogen) atoms. The molecular weight excluding hydrogens is 452 g/mol. The lowest BCUT2D eigenvalue weighted by Gasteiger charge is -2.27. The van der Waals surface area contributed by atoms with Crippen LogP contribution in [0.2, 0.25) is 0 Å². The fourth-order valence-electron chi connectivity index (χ4n) is 4.74. The summed E-state index contributed by atoms with van der Waals surface area (Å²) in [5, 5.41) is 0. The quantitative estimate of drug-likeness (QED) is 0.211. The van der Waals surface area contributed by atoms with Crippen LogP contribution in [0.1, 0.15) is 92.6 Å². The minimum absolute atomic E-state index is 0.0135. The molecular formula is C30H40N2O4. The van der Waals surface area contributed by atoms with Crippen LogP contribution in [0, 0.1) is 5.92 Å². The minimum Gasteiger partial charge on any atom is -0.462 e. The fraction of sp³-hybridized carbons (Fsp3) is 0.467. The smallest absolute Gasteiger partial charge is 0.338 e. The van der Waals surface area contributed by atoms with E-state index in [9.17, 15) is 9.59 Å². The third-order valence-electron chi connectivity index (χ3n) is 7.01. The Morgan fingerprint density at radius 3 is 2.28 bits per heavy atom. The number of carbonyl (C=O) groups is 2. The molecule has 0 saturated heterocycles. The summed E-state index contributed by atoms with van der Waals surface area (Å²) in [7, 11) is 0. The molecule has 1 aliphatic carbocycles. The molecule has 2 aromatic rings. The van der Waals surface area contributed by atoms with Crippen LogP contribution in [0.15, 0.2) is 48.5 Å². The van der Waals surface area contributed by atoms with Gasteiger partial charge in [0, 0.05) is 23.4 Å². The Hall–Kier alpha value is -3.28. The van der Waals surface area contributed by atoms with Gasteiger partial charge in [0.2, 0.25) is 0 Å². The molecule has 0 spiro atoms. The van der Waals surface area contributed by atoms with Gasteiger partial charge in [-0.15, -0.1) is 0 Å². The van der Waals surface area contributed by atoms with Crippen LogP contribution < -0.4 is 11.5 Å². The van der Waals surface area contributed by atoms with E-state index in [0.29, 0.717) is 16.9 Å². The molecule has 0 amide bonds. The van der Waals surface area contributed by atoms with E-state index in [1.54, 1.807) is 36.4 Å². The Morgan fingerprint density at radius 2 is 1.67 bits per heavy atom. The molecule has 1 atom stereocenters. The summed E-state index contributed by atoms with van der Waals surface area (Å²) in [5.41, 5.74) is 15.4. The zero-order valence-corrected chi connectivity index (χ0v) is 21.6. The van der Waals surface area contributed by atoms with E-state index in [2.05, 4.69) is 13.8 Å². The number of carbonyl (C=O) groups excluding carboxylic acids is 2. The van der Waals surface area contributed by atoms with Crippen molar-refractivity contribution < 1.29 is 19.1 Å². The van der Waals surface area contributed by atoms with Crippen LogP contribution in [-0.2, 0) is 14.3 Å². The van der Waals surface area contributed by atoms with E-state index in [-0.39, 0.29) is 24.6 Å². The molecule has 0 radical (unpaired) electrons. The number of anilines is 2. The van der Waals surface area contributed by atoms with Gasteiger partial charge >= 0.3 is 11.9 Å². The Labute approximate surface area is 215 Å². The second-order valence-corrected chi connectivity index (χ2v) is 9.81. The summed E-state index contributed by atoms with van der Waals surface area (Å²) in [4.78, 5) is 24.9. The molecule has 0 bridgehead atoms. The highest BCUT2D eigenvalue weighted by molar-refractivity contribution is 5.90. The first-order valence-corrected chi connectivity index (χ1v) is 13.2. The van der Waals surface area contributed by atoms with Gasteiger partial charge in [0.1, 0.15) is 6.10 Å². The topological polar surface area (TPSA) is 105 Å². The standard InChI is InChI=1S/C30H40N2O4/c1-3-5-6-24(25-17-26(31)19-27(32)18-25)20-35-29(33)16-11-22-7-12-23(13-8-22)30(34)36-28-14-9-21(4-2)10-15-28/h7-8,11-13,16-19,21,24,28H,3-6,9-10,14-15,20,31-32H2,1-2H3. The number of ether oxygens (including phenoxy) is 2. The minimum atomic E-state index is -0.417. The maximum Gasteiger partial charge on any atom is 0.338 e. The number of esters is 2. The maximum atomic E-state index is 12.5. The second-order valence-electron chi connectivity index (χ2n) is 9.81. The molecule has 0 aromatic heterocycles. The second kappa shape index (κ2) is 13.7. The van der Waals surface area contributed by atoms with Crippen molar-refractivity contribution in [3.05, 3.63) is 65.2 Å². The van der Waals surface area contributed by atoms with Gasteiger partial charge in [-0.3, -0.25) is 0 Å². The molecule has 1 saturated carbocycles. The average Bonchev–Trinajstić information content (AvgIpc) is 2.87. The predicted octanol–water partition coefficient (Wildman–Crippen LogP) is 6.51. The fourth-order valence-corrected chi connectivity index (χ4v) is 4.74. The Balaban J connectivity index is 1.50. The highest BCUT2D eigenvalue weighted by Gasteiger charge is 2.23. The van der Waals surface area contributed by atoms with Crippen LogP contribution in [0.25, 0.3) is 6.08 Å². The molecule has 6 heteroatoms. The van der Waals surface area contributed by atoms with Gasteiger partial charge in [0.15, 0.2) is 0 Å². The highest BCUT2D eigenvalue weighted by atomic mass is 16.5. The Kier molecular flexibility index (Phi) is 10.4. The van der Waals surface area contributed by atoms with Gasteiger partial charge in [0.25, 0.3) is 0 Å². The average molecular weight is 493 g/mol. The normalized spacial score (nSPS) is 18.6. The summed E-state index contributed by atoms with van der Waals surface area (Å²) in [6.45, 7) is 4.61. The van der Waals surface area contributed by atoms with E-state index in [1.165, 1.54) is 12.5 Å². The highest BCUT2D eigenvalue weighted by Crippen LogP contribution is 2.29. The molecule has 1 fully saturated rings. The van der Waals surface area contributed by atoms with Crippen LogP contribution >= 0.6 is 0 Å². The predicted molar refractivity (Wildman–Crippen MR) is 145 cm³/mol. The van der Waals surface area contributed by atoms with Gasteiger partial charge in [-0.25, -0.2) is 9.59 Å². The van der Waals surface area contributed by atoms with Gasteiger partial charge in [-0.2, -0.15) is 0 Å². The summed E-state index contributed by atoms with van der Waals surface area (Å²) in [6, 6.07) is 12.6. The summed E-state index contributed by atoms with van der Waals surface area (Å²) < 4.78 is 11.2. The first-order valence-electron chi connectivity index (χ1n) is 13.2. The Morgan fingerprint density at radius 1 is 1.00 bits per heavy atom. The van der Waals surface area contributed by atoms with Gasteiger partial charge in [-0.05, 0) is 85.6 Å². The molecule has 0 heterocycles. The molecule has 4 N–H and O–H groups in total. The molecule has 1 unspecified atom stereocenters. The van der Waals surface area contributed by atoms with Crippen molar-refractivity contribution in [1.82, 2.24) is 0 Å². The molecule has 1 aliphatic rings. The number of hydrogen-bond donors (Lipinski definition) is 2. The van der Waals surface area contributed by atoms with E-state index >= 15 is 0 Å². The zero-order chi connectivity index (χ0) is 25.9. The van der Waals surface area contributed by atoms with Crippen molar-refractivity contribution in [1.29, 1.82) is 0 Å². The number of nitrogens with two attached hydrogens (primary N) is 2. The Bertz CT molecular complexity index is 1000. The van der Waals surface area contributed by atoms with Crippen LogP contribution in [0.4, 0.5) is 11.4 Å². The lowest BCUT2D eigenvalue weighted by atomic mass is 9.86. The monoisotopic (exact) mass is 492 g/mol. The molecule has 2 aromatic carbocycles. The molecule has 194 valence electrons. The van der Waals surface area contributed by atoms with E-state index in [1.807, 2.05) is 12.1 Å². The summed E-state index contributed by atoms with van der Waals surface area (Å²) in [5.74, 6) is 0.0935. The zero-order valence-electron chi connectivity index (χ0n) is 21.6. The van der Waals surface area contributed by atoms with Crippen LogP contribution in [0.5, 0.6) is 0 Å². The van der Waals surface area contributed by atoms with Crippen molar-refractivity contribution >= 4 is 29.4 Å². The summed E-state index contributed by atoms with van der Waals surface area (Å²) >= 11 is 0. The van der Waals surface area contributed by atoms with Crippen molar-refractivity contribution in [3.8, 4) is 0 Å². The van der Waals surface area contributed by atoms with Crippen molar-refractivity contribution in [3.63, 3.8) is 0 Å². The maximum absolute atomic E-state index is 12.5. The number of rotatable bonds is 11. The van der Waals surface area contributed by atoms with Gasteiger partial charge < -0.3 is 20.9 Å². The van der Waals surface area contributed by atoms with Gasteiger partial charge in [-0.1, -0.05) is 45.2 Å². The van der Waals surface area contributed by atoms with Crippen molar-refractivity contribution in [2.24, 2.45) is 5.92 Å². The summed E-state index contributed by atoms with van der Waals surface area (Å²) in [6.07, 6.45) is 11.4. The van der Waals surface area contributed by atoms with Crippen molar-refractivity contribution in [2.45, 2.75) is 77.2 Å². The largest absolute Gasteiger partial charge is 0.462 e. The van der Waals surface area contributed by atoms with Crippen LogP contribution in [-0.4, -0.2) is 24.6 Å². The number of unbranched alkanes of at least 4 members (excludes halogenated alkanes) is 1. The SMILES string of the molecule is CCCCC(COC(=O)C=Cc1ccc(C(=O)OC2CCC(CC)CC2)cc1)c1cc(N)cc(N)c1. The lowest BCUT2D eigenvalue weighted by Crippen LogP contribution is -2.24. The first-order chi connectivity index (χ1) is 17.4. The van der Waals surface area contributed by atoms with Crippen molar-refractivity contribution in [2.75, 3.05) is 18.1 Å². The van der Waals surface area contributed by atoms with E-state index < -0.39 is 5.97 Å². The third-order valence-corrected chi connectivity index (χ3v) is 7.01. The molecule has 6 nitrogen and oxygen atoms in total. The number of nitrogen functional groups attached to an aromatic ring is 2.